The van der Waals surface area contributed by atoms with Crippen molar-refractivity contribution in [3.63, 3.8) is 0 Å². The van der Waals surface area contributed by atoms with Crippen molar-refractivity contribution in [3.8, 4) is 11.1 Å². The van der Waals surface area contributed by atoms with Crippen LogP contribution < -0.4 is 16.4 Å². The second kappa shape index (κ2) is 9.98. The summed E-state index contributed by atoms with van der Waals surface area (Å²) in [6.07, 6.45) is -4.53. The Balaban J connectivity index is 1.50. The lowest BCUT2D eigenvalue weighted by molar-refractivity contribution is -0.137. The Morgan fingerprint density at radius 1 is 0.914 bits per heavy atom. The van der Waals surface area contributed by atoms with Crippen molar-refractivity contribution in [1.29, 1.82) is 0 Å². The molecule has 0 spiro atoms. The summed E-state index contributed by atoms with van der Waals surface area (Å²) in [5.41, 5.74) is 6.94. The number of nitrogens with one attached hydrogen (secondary N) is 2. The van der Waals surface area contributed by atoms with E-state index in [0.29, 0.717) is 33.3 Å². The first-order valence-corrected chi connectivity index (χ1v) is 11.2. The first-order chi connectivity index (χ1) is 16.7. The van der Waals surface area contributed by atoms with E-state index in [1.807, 2.05) is 0 Å². The van der Waals surface area contributed by atoms with E-state index in [1.54, 1.807) is 60.0 Å². The summed E-state index contributed by atoms with van der Waals surface area (Å²) in [6.45, 7) is 0. The molecule has 0 radical (unpaired) electrons. The van der Waals surface area contributed by atoms with Crippen LogP contribution in [0.1, 0.15) is 21.6 Å². The third-order valence-corrected chi connectivity index (χ3v) is 5.74. The van der Waals surface area contributed by atoms with Crippen LogP contribution in [0.15, 0.2) is 78.2 Å². The highest BCUT2D eigenvalue weighted by molar-refractivity contribution is 7.13. The zero-order chi connectivity index (χ0) is 25.0. The van der Waals surface area contributed by atoms with Crippen molar-refractivity contribution >= 4 is 39.7 Å². The van der Waals surface area contributed by atoms with E-state index in [1.165, 1.54) is 17.4 Å². The van der Waals surface area contributed by atoms with Crippen molar-refractivity contribution < 1.29 is 22.8 Å². The van der Waals surface area contributed by atoms with Gasteiger partial charge in [-0.15, -0.1) is 11.3 Å². The van der Waals surface area contributed by atoms with Gasteiger partial charge in [-0.25, -0.2) is 4.98 Å². The Bertz CT molecular complexity index is 1350. The van der Waals surface area contributed by atoms with E-state index in [9.17, 15) is 22.8 Å². The molecule has 0 aliphatic rings. The maximum atomic E-state index is 13.3. The Hall–Kier alpha value is -4.18. The van der Waals surface area contributed by atoms with Gasteiger partial charge >= 0.3 is 6.18 Å². The van der Waals surface area contributed by atoms with Gasteiger partial charge in [-0.2, -0.15) is 13.2 Å². The van der Waals surface area contributed by atoms with Gasteiger partial charge in [0, 0.05) is 22.3 Å². The fraction of sp³-hybridized carbons (Fsp3) is 0.0800. The van der Waals surface area contributed by atoms with E-state index in [-0.39, 0.29) is 17.9 Å². The zero-order valence-electron chi connectivity index (χ0n) is 18.1. The molecule has 0 fully saturated rings. The fourth-order valence-corrected chi connectivity index (χ4v) is 3.95. The predicted octanol–water partition coefficient (Wildman–Crippen LogP) is 5.84. The molecule has 0 unspecified atom stereocenters. The van der Waals surface area contributed by atoms with Gasteiger partial charge in [-0.1, -0.05) is 36.4 Å². The molecule has 4 aromatic rings. The summed E-state index contributed by atoms with van der Waals surface area (Å²) >= 11 is 1.24. The quantitative estimate of drug-likeness (QED) is 0.312. The molecule has 0 aliphatic carbocycles. The van der Waals surface area contributed by atoms with E-state index in [2.05, 4.69) is 15.6 Å². The number of anilines is 3. The van der Waals surface area contributed by atoms with Crippen molar-refractivity contribution in [1.82, 2.24) is 4.98 Å². The van der Waals surface area contributed by atoms with Crippen molar-refractivity contribution in [2.75, 3.05) is 16.4 Å². The standard InChI is InChI=1S/C25H19F3N4O2S/c26-25(27,28)16-6-11-20(15-4-2-1-3-5-15)21(12-16)23(34)31-18-9-7-17(8-10-18)30-22(33)13-19-14-35-24(29)32-19/h1-12,14H,13H2,(H2,29,32)(H,30,33)(H,31,34). The van der Waals surface area contributed by atoms with Gasteiger partial charge in [0.2, 0.25) is 5.91 Å². The number of aromatic nitrogens is 1. The number of nitrogens with two attached hydrogens (primary N) is 1. The van der Waals surface area contributed by atoms with Crippen LogP contribution in [-0.4, -0.2) is 16.8 Å². The lowest BCUT2D eigenvalue weighted by Gasteiger charge is -2.14. The smallest absolute Gasteiger partial charge is 0.375 e. The Morgan fingerprint density at radius 3 is 2.17 bits per heavy atom. The molecule has 1 aromatic heterocycles. The first kappa shape index (κ1) is 24.0. The molecular weight excluding hydrogens is 477 g/mol. The molecule has 0 saturated heterocycles. The van der Waals surface area contributed by atoms with Gasteiger partial charge in [0.05, 0.1) is 17.7 Å². The van der Waals surface area contributed by atoms with E-state index >= 15 is 0 Å². The van der Waals surface area contributed by atoms with Crippen LogP contribution in [0.25, 0.3) is 11.1 Å². The number of nitrogen functional groups attached to an aromatic ring is 1. The number of benzene rings is 3. The minimum atomic E-state index is -4.59. The molecule has 0 atom stereocenters. The molecule has 4 rings (SSSR count). The highest BCUT2D eigenvalue weighted by Gasteiger charge is 2.32. The lowest BCUT2D eigenvalue weighted by atomic mass is 9.96. The van der Waals surface area contributed by atoms with Crippen LogP contribution in [-0.2, 0) is 17.4 Å². The van der Waals surface area contributed by atoms with Crippen LogP contribution >= 0.6 is 11.3 Å². The van der Waals surface area contributed by atoms with Crippen LogP contribution in [0.3, 0.4) is 0 Å². The second-order valence-corrected chi connectivity index (χ2v) is 8.45. The van der Waals surface area contributed by atoms with Crippen LogP contribution in [0.2, 0.25) is 0 Å². The average Bonchev–Trinajstić information content (AvgIpc) is 3.24. The molecule has 3 aromatic carbocycles. The molecule has 0 aliphatic heterocycles. The number of nitrogens with zero attached hydrogens (tertiary/aromatic N) is 1. The highest BCUT2D eigenvalue weighted by Crippen LogP contribution is 2.34. The normalized spacial score (nSPS) is 11.2. The molecule has 4 N–H and O–H groups in total. The van der Waals surface area contributed by atoms with Crippen LogP contribution in [0.4, 0.5) is 29.7 Å². The lowest BCUT2D eigenvalue weighted by Crippen LogP contribution is -2.16. The van der Waals surface area contributed by atoms with Gasteiger partial charge in [-0.05, 0) is 47.5 Å². The van der Waals surface area contributed by atoms with Gasteiger partial charge in [-0.3, -0.25) is 9.59 Å². The number of carbonyl (C=O) groups is 2. The number of hydrogen-bond donors (Lipinski definition) is 3. The summed E-state index contributed by atoms with van der Waals surface area (Å²) in [5.74, 6) is -0.976. The van der Waals surface area contributed by atoms with Crippen molar-refractivity contribution in [2.24, 2.45) is 0 Å². The van der Waals surface area contributed by atoms with E-state index in [0.717, 1.165) is 12.1 Å². The highest BCUT2D eigenvalue weighted by atomic mass is 32.1. The van der Waals surface area contributed by atoms with Crippen molar-refractivity contribution in [3.05, 3.63) is 95.0 Å². The molecule has 178 valence electrons. The summed E-state index contributed by atoms with van der Waals surface area (Å²) in [4.78, 5) is 29.2. The van der Waals surface area contributed by atoms with E-state index < -0.39 is 17.6 Å². The first-order valence-electron chi connectivity index (χ1n) is 10.4. The fourth-order valence-electron chi connectivity index (χ4n) is 3.39. The van der Waals surface area contributed by atoms with Crippen LogP contribution in [0, 0.1) is 0 Å². The number of amides is 2. The number of alkyl halides is 3. The summed E-state index contributed by atoms with van der Waals surface area (Å²) in [6, 6.07) is 18.0. The second-order valence-electron chi connectivity index (χ2n) is 7.56. The maximum absolute atomic E-state index is 13.3. The number of thiazole rings is 1. The molecule has 1 heterocycles. The predicted molar refractivity (Wildman–Crippen MR) is 130 cm³/mol. The summed E-state index contributed by atoms with van der Waals surface area (Å²) < 4.78 is 39.9. The summed E-state index contributed by atoms with van der Waals surface area (Å²) in [5, 5.41) is 7.42. The third kappa shape index (κ3) is 6.04. The third-order valence-electron chi connectivity index (χ3n) is 5.01. The molecule has 0 saturated carbocycles. The summed E-state index contributed by atoms with van der Waals surface area (Å²) in [7, 11) is 0. The number of hydrogen-bond acceptors (Lipinski definition) is 5. The number of carbonyl (C=O) groups excluding carboxylic acids is 2. The monoisotopic (exact) mass is 496 g/mol. The zero-order valence-corrected chi connectivity index (χ0v) is 18.9. The maximum Gasteiger partial charge on any atom is 0.416 e. The molecule has 10 heteroatoms. The SMILES string of the molecule is Nc1nc(CC(=O)Nc2ccc(NC(=O)c3cc(C(F)(F)F)ccc3-c3ccccc3)cc2)cs1. The number of rotatable bonds is 6. The van der Waals surface area contributed by atoms with Gasteiger partial charge < -0.3 is 16.4 Å². The minimum Gasteiger partial charge on any atom is -0.375 e. The van der Waals surface area contributed by atoms with Gasteiger partial charge in [0.1, 0.15) is 0 Å². The van der Waals surface area contributed by atoms with E-state index in [4.69, 9.17) is 5.73 Å². The number of halogens is 3. The average molecular weight is 497 g/mol. The largest absolute Gasteiger partial charge is 0.416 e. The minimum absolute atomic E-state index is 0.0595. The van der Waals surface area contributed by atoms with Gasteiger partial charge in [0.25, 0.3) is 5.91 Å². The molecule has 2 amide bonds. The van der Waals surface area contributed by atoms with Gasteiger partial charge in [0.15, 0.2) is 5.13 Å². The molecule has 6 nitrogen and oxygen atoms in total. The molecule has 0 bridgehead atoms. The van der Waals surface area contributed by atoms with Crippen molar-refractivity contribution in [2.45, 2.75) is 12.6 Å². The Kier molecular flexibility index (Phi) is 6.83. The molecule has 35 heavy (non-hydrogen) atoms. The van der Waals surface area contributed by atoms with Crippen LogP contribution in [0.5, 0.6) is 0 Å². The Morgan fingerprint density at radius 2 is 1.57 bits per heavy atom. The topological polar surface area (TPSA) is 97.1 Å². The molecular formula is C25H19F3N4O2S. The Labute approximate surface area is 202 Å².